The normalized spacial score (nSPS) is 23.5. The summed E-state index contributed by atoms with van der Waals surface area (Å²) in [4.78, 5) is 2.78. The zero-order chi connectivity index (χ0) is 13.5. The molecule has 19 heavy (non-hydrogen) atoms. The summed E-state index contributed by atoms with van der Waals surface area (Å²) < 4.78 is 0. The molecule has 2 saturated carbocycles. The first-order chi connectivity index (χ1) is 9.35. The third kappa shape index (κ3) is 4.46. The van der Waals surface area contributed by atoms with Crippen LogP contribution in [-0.4, -0.2) is 36.6 Å². The predicted octanol–water partition coefficient (Wildman–Crippen LogP) is 3.81. The molecule has 1 atom stereocenters. The maximum absolute atomic E-state index is 3.86. The quantitative estimate of drug-likeness (QED) is 0.718. The van der Waals surface area contributed by atoms with E-state index in [0.29, 0.717) is 0 Å². The van der Waals surface area contributed by atoms with Gasteiger partial charge in [-0.1, -0.05) is 39.5 Å². The summed E-state index contributed by atoms with van der Waals surface area (Å²) in [6.07, 6.45) is 12.9. The van der Waals surface area contributed by atoms with E-state index in [2.05, 4.69) is 24.1 Å². The highest BCUT2D eigenvalue weighted by Gasteiger charge is 2.29. The first-order valence-corrected chi connectivity index (χ1v) is 8.82. The Labute approximate surface area is 120 Å². The maximum Gasteiger partial charge on any atom is 0.0223 e. The number of hydrogen-bond acceptors (Lipinski definition) is 2. The Balaban J connectivity index is 1.88. The highest BCUT2D eigenvalue weighted by molar-refractivity contribution is 4.86. The molecule has 0 aromatic heterocycles. The number of nitrogens with zero attached hydrogens (tertiary/aromatic N) is 1. The lowest BCUT2D eigenvalue weighted by molar-refractivity contribution is 0.164. The molecule has 1 N–H and O–H groups in total. The van der Waals surface area contributed by atoms with E-state index in [0.717, 1.165) is 18.0 Å². The molecule has 2 aliphatic carbocycles. The van der Waals surface area contributed by atoms with Crippen molar-refractivity contribution < 1.29 is 0 Å². The molecule has 0 saturated heterocycles. The summed E-state index contributed by atoms with van der Waals surface area (Å²) in [7, 11) is 0. The lowest BCUT2D eigenvalue weighted by atomic mass is 9.96. The average Bonchev–Trinajstić information content (AvgIpc) is 3.12. The van der Waals surface area contributed by atoms with Gasteiger partial charge in [0.25, 0.3) is 0 Å². The van der Waals surface area contributed by atoms with Crippen LogP contribution in [-0.2, 0) is 0 Å². The van der Waals surface area contributed by atoms with Crippen LogP contribution in [0.2, 0.25) is 0 Å². The van der Waals surface area contributed by atoms with Crippen LogP contribution in [0.15, 0.2) is 0 Å². The lowest BCUT2D eigenvalue weighted by Gasteiger charge is -2.34. The molecule has 0 amide bonds. The molecule has 2 heteroatoms. The van der Waals surface area contributed by atoms with E-state index < -0.39 is 0 Å². The molecule has 0 aromatic rings. The Morgan fingerprint density at radius 3 is 2.21 bits per heavy atom. The Hall–Kier alpha value is -0.0800. The second-order valence-corrected chi connectivity index (χ2v) is 6.63. The first-order valence-electron chi connectivity index (χ1n) is 8.82. The van der Waals surface area contributed by atoms with Gasteiger partial charge in [-0.25, -0.2) is 0 Å². The minimum absolute atomic E-state index is 0.753. The number of likely N-dealkylation sites (N-methyl/N-ethyl adjacent to an activating group) is 1. The van der Waals surface area contributed by atoms with Crippen LogP contribution in [0.3, 0.4) is 0 Å². The SMILES string of the molecule is CCCNC(CN(CC)C1CCCC1)C1CCCC1. The van der Waals surface area contributed by atoms with E-state index in [9.17, 15) is 0 Å². The van der Waals surface area contributed by atoms with E-state index in [1.165, 1.54) is 77.4 Å². The molecule has 2 nitrogen and oxygen atoms in total. The van der Waals surface area contributed by atoms with Crippen molar-refractivity contribution in [1.29, 1.82) is 0 Å². The van der Waals surface area contributed by atoms with Crippen LogP contribution in [0.25, 0.3) is 0 Å². The highest BCUT2D eigenvalue weighted by Crippen LogP contribution is 2.30. The Bertz CT molecular complexity index is 229. The van der Waals surface area contributed by atoms with Gasteiger partial charge in [0.05, 0.1) is 0 Å². The zero-order valence-corrected chi connectivity index (χ0v) is 13.2. The lowest BCUT2D eigenvalue weighted by Crippen LogP contribution is -2.48. The minimum Gasteiger partial charge on any atom is -0.312 e. The third-order valence-corrected chi connectivity index (χ3v) is 5.30. The molecule has 112 valence electrons. The fraction of sp³-hybridized carbons (Fsp3) is 1.00. The van der Waals surface area contributed by atoms with E-state index in [1.807, 2.05) is 0 Å². The van der Waals surface area contributed by atoms with Gasteiger partial charge in [0, 0.05) is 18.6 Å². The van der Waals surface area contributed by atoms with Crippen LogP contribution in [0.5, 0.6) is 0 Å². The van der Waals surface area contributed by atoms with Crippen LogP contribution in [0.4, 0.5) is 0 Å². The van der Waals surface area contributed by atoms with Crippen LogP contribution < -0.4 is 5.32 Å². The molecule has 0 radical (unpaired) electrons. The molecule has 2 rings (SSSR count). The van der Waals surface area contributed by atoms with Gasteiger partial charge in [0.2, 0.25) is 0 Å². The Morgan fingerprint density at radius 2 is 1.63 bits per heavy atom. The molecule has 0 spiro atoms. The molecule has 0 aromatic carbocycles. The summed E-state index contributed by atoms with van der Waals surface area (Å²) in [5.74, 6) is 0.946. The van der Waals surface area contributed by atoms with Crippen LogP contribution in [0.1, 0.15) is 71.6 Å². The summed E-state index contributed by atoms with van der Waals surface area (Å²) in [6, 6.07) is 1.64. The third-order valence-electron chi connectivity index (χ3n) is 5.30. The van der Waals surface area contributed by atoms with Gasteiger partial charge in [-0.15, -0.1) is 0 Å². The highest BCUT2D eigenvalue weighted by atomic mass is 15.2. The summed E-state index contributed by atoms with van der Waals surface area (Å²) in [5, 5.41) is 3.86. The standard InChI is InChI=1S/C17H34N2/c1-3-13-18-17(15-9-5-6-10-15)14-19(4-2)16-11-7-8-12-16/h15-18H,3-14H2,1-2H3. The molecule has 2 aliphatic rings. The summed E-state index contributed by atoms with van der Waals surface area (Å²) in [6.45, 7) is 8.37. The smallest absolute Gasteiger partial charge is 0.0223 e. The topological polar surface area (TPSA) is 15.3 Å². The largest absolute Gasteiger partial charge is 0.312 e. The van der Waals surface area contributed by atoms with Crippen molar-refractivity contribution in [2.45, 2.75) is 83.7 Å². The average molecular weight is 266 g/mol. The number of rotatable bonds is 8. The summed E-state index contributed by atoms with van der Waals surface area (Å²) in [5.41, 5.74) is 0. The van der Waals surface area contributed by atoms with Gasteiger partial charge in [-0.3, -0.25) is 4.90 Å². The molecule has 2 fully saturated rings. The molecule has 0 heterocycles. The van der Waals surface area contributed by atoms with Gasteiger partial charge in [-0.05, 0) is 51.1 Å². The summed E-state index contributed by atoms with van der Waals surface area (Å²) >= 11 is 0. The molecule has 0 bridgehead atoms. The molecular weight excluding hydrogens is 232 g/mol. The van der Waals surface area contributed by atoms with Gasteiger partial charge >= 0.3 is 0 Å². The van der Waals surface area contributed by atoms with Crippen molar-refractivity contribution >= 4 is 0 Å². The first kappa shape index (κ1) is 15.3. The Kier molecular flexibility index (Phi) is 6.66. The van der Waals surface area contributed by atoms with Crippen molar-refractivity contribution in [2.24, 2.45) is 5.92 Å². The monoisotopic (exact) mass is 266 g/mol. The predicted molar refractivity (Wildman–Crippen MR) is 83.5 cm³/mol. The fourth-order valence-corrected chi connectivity index (χ4v) is 4.13. The van der Waals surface area contributed by atoms with Crippen molar-refractivity contribution in [3.8, 4) is 0 Å². The van der Waals surface area contributed by atoms with Crippen molar-refractivity contribution in [3.05, 3.63) is 0 Å². The van der Waals surface area contributed by atoms with Gasteiger partial charge in [-0.2, -0.15) is 0 Å². The second-order valence-electron chi connectivity index (χ2n) is 6.63. The van der Waals surface area contributed by atoms with E-state index in [4.69, 9.17) is 0 Å². The van der Waals surface area contributed by atoms with Crippen LogP contribution in [0, 0.1) is 5.92 Å². The minimum atomic E-state index is 0.753. The maximum atomic E-state index is 3.86. The number of hydrogen-bond donors (Lipinski definition) is 1. The molecule has 0 aliphatic heterocycles. The van der Waals surface area contributed by atoms with E-state index in [1.54, 1.807) is 0 Å². The van der Waals surface area contributed by atoms with Crippen molar-refractivity contribution in [3.63, 3.8) is 0 Å². The van der Waals surface area contributed by atoms with Gasteiger partial charge in [0.1, 0.15) is 0 Å². The van der Waals surface area contributed by atoms with Gasteiger partial charge < -0.3 is 5.32 Å². The number of nitrogens with one attached hydrogen (secondary N) is 1. The zero-order valence-electron chi connectivity index (χ0n) is 13.2. The van der Waals surface area contributed by atoms with Crippen LogP contribution >= 0.6 is 0 Å². The van der Waals surface area contributed by atoms with Gasteiger partial charge in [0.15, 0.2) is 0 Å². The van der Waals surface area contributed by atoms with E-state index >= 15 is 0 Å². The second kappa shape index (κ2) is 8.26. The van der Waals surface area contributed by atoms with Crippen molar-refractivity contribution in [1.82, 2.24) is 10.2 Å². The fourth-order valence-electron chi connectivity index (χ4n) is 4.13. The molecular formula is C17H34N2. The Morgan fingerprint density at radius 1 is 1.00 bits per heavy atom. The molecule has 1 unspecified atom stereocenters. The van der Waals surface area contributed by atoms with E-state index in [-0.39, 0.29) is 0 Å². The van der Waals surface area contributed by atoms with Crippen molar-refractivity contribution in [2.75, 3.05) is 19.6 Å².